The summed E-state index contributed by atoms with van der Waals surface area (Å²) >= 11 is 0. The number of anilines is 1. The van der Waals surface area contributed by atoms with Crippen LogP contribution in [0, 0.1) is 19.8 Å². The fourth-order valence-corrected chi connectivity index (χ4v) is 4.31. The van der Waals surface area contributed by atoms with E-state index < -0.39 is 0 Å². The highest BCUT2D eigenvalue weighted by atomic mass is 35.5. The summed E-state index contributed by atoms with van der Waals surface area (Å²) in [7, 11) is 0. The number of piperidine rings is 1. The topological polar surface area (TPSA) is 32.3 Å². The lowest BCUT2D eigenvalue weighted by atomic mass is 9.89. The molecule has 2 unspecified atom stereocenters. The van der Waals surface area contributed by atoms with Gasteiger partial charge in [-0.15, -0.1) is 12.4 Å². The lowest BCUT2D eigenvalue weighted by molar-refractivity contribution is -0.119. The molecule has 23 heavy (non-hydrogen) atoms. The maximum Gasteiger partial charge on any atom is 0.227 e. The van der Waals surface area contributed by atoms with Crippen molar-refractivity contribution in [2.75, 3.05) is 11.4 Å². The first-order valence-corrected chi connectivity index (χ1v) is 8.70. The molecule has 0 saturated carbocycles. The Balaban J connectivity index is 0.00000192. The van der Waals surface area contributed by atoms with Crippen molar-refractivity contribution in [1.29, 1.82) is 0 Å². The SMILES string of the molecule is CCN(C(=O)CC1CC2CCC(C1)N2)c1cc(C)cc(C)c1.Cl. The van der Waals surface area contributed by atoms with E-state index in [1.807, 2.05) is 4.90 Å². The van der Waals surface area contributed by atoms with Crippen LogP contribution in [0.4, 0.5) is 5.69 Å². The third-order valence-electron chi connectivity index (χ3n) is 5.17. The number of benzene rings is 1. The highest BCUT2D eigenvalue weighted by Crippen LogP contribution is 2.33. The Kier molecular flexibility index (Phi) is 6.10. The molecule has 3 rings (SSSR count). The highest BCUT2D eigenvalue weighted by Gasteiger charge is 2.34. The van der Waals surface area contributed by atoms with E-state index in [0.29, 0.717) is 30.3 Å². The van der Waals surface area contributed by atoms with Crippen molar-refractivity contribution in [2.24, 2.45) is 5.92 Å². The normalized spacial score (nSPS) is 25.8. The molecule has 2 atom stereocenters. The van der Waals surface area contributed by atoms with Gasteiger partial charge in [0.1, 0.15) is 0 Å². The molecule has 1 aromatic carbocycles. The van der Waals surface area contributed by atoms with Crippen molar-refractivity contribution in [2.45, 2.75) is 65.0 Å². The number of carbonyl (C=O) groups excluding carboxylic acids is 1. The van der Waals surface area contributed by atoms with Crippen LogP contribution in [-0.4, -0.2) is 24.5 Å². The zero-order valence-corrected chi connectivity index (χ0v) is 15.3. The van der Waals surface area contributed by atoms with Crippen LogP contribution in [0.3, 0.4) is 0 Å². The van der Waals surface area contributed by atoms with E-state index in [1.165, 1.54) is 36.8 Å². The molecule has 0 spiro atoms. The van der Waals surface area contributed by atoms with E-state index in [9.17, 15) is 4.79 Å². The molecule has 1 N–H and O–H groups in total. The smallest absolute Gasteiger partial charge is 0.227 e. The number of aryl methyl sites for hydroxylation is 2. The van der Waals surface area contributed by atoms with E-state index in [2.05, 4.69) is 44.3 Å². The second-order valence-corrected chi connectivity index (χ2v) is 7.16. The molecule has 4 heteroatoms. The molecule has 2 saturated heterocycles. The lowest BCUT2D eigenvalue weighted by Gasteiger charge is -2.30. The van der Waals surface area contributed by atoms with Crippen molar-refractivity contribution in [3.63, 3.8) is 0 Å². The number of rotatable bonds is 4. The summed E-state index contributed by atoms with van der Waals surface area (Å²) in [6.45, 7) is 7.01. The van der Waals surface area contributed by atoms with E-state index in [0.717, 1.165) is 12.2 Å². The van der Waals surface area contributed by atoms with Crippen LogP contribution in [0.15, 0.2) is 18.2 Å². The van der Waals surface area contributed by atoms with E-state index in [-0.39, 0.29) is 12.4 Å². The van der Waals surface area contributed by atoms with Gasteiger partial charge in [-0.05, 0) is 75.6 Å². The van der Waals surface area contributed by atoms with Crippen LogP contribution in [0.1, 0.15) is 50.2 Å². The third kappa shape index (κ3) is 4.27. The summed E-state index contributed by atoms with van der Waals surface area (Å²) in [5.41, 5.74) is 3.50. The molecule has 2 fully saturated rings. The first kappa shape index (κ1) is 18.3. The van der Waals surface area contributed by atoms with Gasteiger partial charge in [-0.1, -0.05) is 6.07 Å². The fraction of sp³-hybridized carbons (Fsp3) is 0.632. The van der Waals surface area contributed by atoms with Crippen molar-refractivity contribution in [3.8, 4) is 0 Å². The van der Waals surface area contributed by atoms with Gasteiger partial charge in [-0.2, -0.15) is 0 Å². The average Bonchev–Trinajstić information content (AvgIpc) is 2.77. The van der Waals surface area contributed by atoms with Gasteiger partial charge in [0.25, 0.3) is 0 Å². The summed E-state index contributed by atoms with van der Waals surface area (Å²) in [5.74, 6) is 0.852. The second kappa shape index (κ2) is 7.67. The molecule has 0 aromatic heterocycles. The number of carbonyl (C=O) groups is 1. The Labute approximate surface area is 146 Å². The van der Waals surface area contributed by atoms with Gasteiger partial charge >= 0.3 is 0 Å². The zero-order valence-electron chi connectivity index (χ0n) is 14.5. The molecular formula is C19H29ClN2O. The van der Waals surface area contributed by atoms with Crippen molar-refractivity contribution in [1.82, 2.24) is 5.32 Å². The summed E-state index contributed by atoms with van der Waals surface area (Å²) in [4.78, 5) is 14.8. The summed E-state index contributed by atoms with van der Waals surface area (Å²) < 4.78 is 0. The minimum atomic E-state index is 0. The molecule has 3 nitrogen and oxygen atoms in total. The van der Waals surface area contributed by atoms with Crippen molar-refractivity contribution in [3.05, 3.63) is 29.3 Å². The van der Waals surface area contributed by atoms with Gasteiger partial charge in [0.2, 0.25) is 5.91 Å². The van der Waals surface area contributed by atoms with Crippen LogP contribution < -0.4 is 10.2 Å². The third-order valence-corrected chi connectivity index (χ3v) is 5.17. The number of fused-ring (bicyclic) bond motifs is 2. The number of amides is 1. The maximum absolute atomic E-state index is 12.8. The first-order valence-electron chi connectivity index (χ1n) is 8.70. The van der Waals surface area contributed by atoms with Crippen LogP contribution in [0.25, 0.3) is 0 Å². The van der Waals surface area contributed by atoms with Crippen molar-refractivity contribution < 1.29 is 4.79 Å². The number of nitrogens with zero attached hydrogens (tertiary/aromatic N) is 1. The molecule has 2 aliphatic rings. The van der Waals surface area contributed by atoms with Crippen LogP contribution in [0.2, 0.25) is 0 Å². The minimum Gasteiger partial charge on any atom is -0.313 e. The van der Waals surface area contributed by atoms with E-state index in [4.69, 9.17) is 0 Å². The van der Waals surface area contributed by atoms with Gasteiger partial charge in [0.15, 0.2) is 0 Å². The second-order valence-electron chi connectivity index (χ2n) is 7.16. The molecular weight excluding hydrogens is 308 g/mol. The standard InChI is InChI=1S/C19H28N2O.ClH/c1-4-21(18-8-13(2)7-14(3)9-18)19(22)12-15-10-16-5-6-17(11-15)20-16;/h7-9,15-17,20H,4-6,10-12H2,1-3H3;1H. The number of hydrogen-bond acceptors (Lipinski definition) is 2. The van der Waals surface area contributed by atoms with E-state index in [1.54, 1.807) is 0 Å². The first-order chi connectivity index (χ1) is 10.5. The average molecular weight is 337 g/mol. The lowest BCUT2D eigenvalue weighted by Crippen LogP contribution is -2.40. The van der Waals surface area contributed by atoms with Crippen molar-refractivity contribution >= 4 is 24.0 Å². The Bertz CT molecular complexity index is 528. The Hall–Kier alpha value is -1.06. The number of hydrogen-bond donors (Lipinski definition) is 1. The predicted octanol–water partition coefficient (Wildman–Crippen LogP) is 4.00. The molecule has 1 aromatic rings. The minimum absolute atomic E-state index is 0. The quantitative estimate of drug-likeness (QED) is 0.901. The molecule has 2 heterocycles. The molecule has 2 bridgehead atoms. The molecule has 2 aliphatic heterocycles. The van der Waals surface area contributed by atoms with Crippen LogP contribution in [0.5, 0.6) is 0 Å². The largest absolute Gasteiger partial charge is 0.313 e. The molecule has 0 radical (unpaired) electrons. The zero-order chi connectivity index (χ0) is 15.7. The van der Waals surface area contributed by atoms with Crippen LogP contribution >= 0.6 is 12.4 Å². The number of nitrogens with one attached hydrogen (secondary N) is 1. The Morgan fingerprint density at radius 2 is 1.70 bits per heavy atom. The maximum atomic E-state index is 12.8. The molecule has 1 amide bonds. The Morgan fingerprint density at radius 1 is 1.13 bits per heavy atom. The van der Waals surface area contributed by atoms with Gasteiger partial charge in [-0.25, -0.2) is 0 Å². The number of halogens is 1. The fourth-order valence-electron chi connectivity index (χ4n) is 4.31. The summed E-state index contributed by atoms with van der Waals surface area (Å²) in [5, 5.41) is 3.66. The Morgan fingerprint density at radius 3 is 2.22 bits per heavy atom. The predicted molar refractivity (Wildman–Crippen MR) is 98.5 cm³/mol. The highest BCUT2D eigenvalue weighted by molar-refractivity contribution is 5.93. The summed E-state index contributed by atoms with van der Waals surface area (Å²) in [6, 6.07) is 7.73. The van der Waals surface area contributed by atoms with Gasteiger partial charge in [-0.3, -0.25) is 4.79 Å². The summed E-state index contributed by atoms with van der Waals surface area (Å²) in [6.07, 6.45) is 5.64. The molecule has 128 valence electrons. The van der Waals surface area contributed by atoms with Gasteiger partial charge in [0, 0.05) is 30.7 Å². The molecule has 0 aliphatic carbocycles. The van der Waals surface area contributed by atoms with E-state index >= 15 is 0 Å². The van der Waals surface area contributed by atoms with Gasteiger partial charge < -0.3 is 10.2 Å². The monoisotopic (exact) mass is 336 g/mol. The van der Waals surface area contributed by atoms with Crippen LogP contribution in [-0.2, 0) is 4.79 Å². The van der Waals surface area contributed by atoms with Gasteiger partial charge in [0.05, 0.1) is 0 Å².